The molecule has 144 valence electrons. The number of aromatic nitrogens is 5. The van der Waals surface area contributed by atoms with Crippen LogP contribution in [0.4, 0.5) is 14.5 Å². The van der Waals surface area contributed by atoms with Crippen LogP contribution in [0.1, 0.15) is 11.1 Å². The molecule has 0 amide bonds. The molecule has 11 heteroatoms. The molecule has 0 spiro atoms. The Morgan fingerprint density at radius 1 is 1.07 bits per heavy atom. The highest BCUT2D eigenvalue weighted by Crippen LogP contribution is 2.23. The van der Waals surface area contributed by atoms with E-state index in [4.69, 9.17) is 0 Å². The van der Waals surface area contributed by atoms with Gasteiger partial charge in [-0.25, -0.2) is 22.2 Å². The molecule has 4 aromatic rings. The van der Waals surface area contributed by atoms with Crippen molar-refractivity contribution in [2.45, 2.75) is 4.90 Å². The minimum Gasteiger partial charge on any atom is -0.277 e. The number of aromatic amines is 1. The highest BCUT2D eigenvalue weighted by atomic mass is 32.2. The first kappa shape index (κ1) is 18.5. The van der Waals surface area contributed by atoms with Gasteiger partial charge in [0.2, 0.25) is 5.65 Å². The summed E-state index contributed by atoms with van der Waals surface area (Å²) in [7, 11) is -4.10. The normalized spacial score (nSPS) is 11.1. The Labute approximate surface area is 163 Å². The first-order valence-electron chi connectivity index (χ1n) is 8.03. The van der Waals surface area contributed by atoms with E-state index in [0.717, 1.165) is 18.3 Å². The zero-order valence-electron chi connectivity index (χ0n) is 14.4. The van der Waals surface area contributed by atoms with Gasteiger partial charge in [-0.05, 0) is 30.3 Å². The van der Waals surface area contributed by atoms with Crippen molar-refractivity contribution < 1.29 is 17.2 Å². The molecule has 0 aliphatic rings. The molecule has 8 nitrogen and oxygen atoms in total. The van der Waals surface area contributed by atoms with Gasteiger partial charge in [0.1, 0.15) is 16.2 Å². The van der Waals surface area contributed by atoms with Crippen molar-refractivity contribution in [3.63, 3.8) is 0 Å². The average molecular weight is 412 g/mol. The Balaban J connectivity index is 1.69. The van der Waals surface area contributed by atoms with E-state index in [9.17, 15) is 17.2 Å². The number of halogens is 2. The number of anilines is 1. The van der Waals surface area contributed by atoms with Crippen molar-refractivity contribution in [1.29, 1.82) is 0 Å². The summed E-state index contributed by atoms with van der Waals surface area (Å²) in [5.74, 6) is 2.89. The van der Waals surface area contributed by atoms with Crippen LogP contribution in [0.25, 0.3) is 11.2 Å². The highest BCUT2D eigenvalue weighted by Gasteiger charge is 2.19. The Morgan fingerprint density at radius 3 is 2.72 bits per heavy atom. The summed E-state index contributed by atoms with van der Waals surface area (Å²) in [5, 5.41) is 10.0. The SMILES string of the molecule is O=S(=O)(Nc1ccc(F)c(C#Cc2cnc3n[nH]nc3c2)c1F)c1cccnc1. The van der Waals surface area contributed by atoms with Gasteiger partial charge in [-0.3, -0.25) is 9.71 Å². The summed E-state index contributed by atoms with van der Waals surface area (Å²) >= 11 is 0. The van der Waals surface area contributed by atoms with Gasteiger partial charge in [0.15, 0.2) is 5.82 Å². The number of pyridine rings is 2. The van der Waals surface area contributed by atoms with Gasteiger partial charge >= 0.3 is 0 Å². The standard InChI is InChI=1S/C18H10F2N6O2S/c19-14-5-6-15(25-29(27,28)12-2-1-7-21-10-12)17(20)13(14)4-3-11-8-16-18(22-9-11)24-26-23-16/h1-2,5-10,25H,(H,22,23,24,26). The zero-order valence-corrected chi connectivity index (χ0v) is 15.2. The third-order valence-electron chi connectivity index (χ3n) is 3.79. The highest BCUT2D eigenvalue weighted by molar-refractivity contribution is 7.92. The maximum atomic E-state index is 14.8. The van der Waals surface area contributed by atoms with Gasteiger partial charge in [-0.2, -0.15) is 10.3 Å². The van der Waals surface area contributed by atoms with E-state index >= 15 is 0 Å². The lowest BCUT2D eigenvalue weighted by Crippen LogP contribution is -2.14. The average Bonchev–Trinajstić information content (AvgIpc) is 3.18. The van der Waals surface area contributed by atoms with Crippen LogP contribution < -0.4 is 4.72 Å². The summed E-state index contributed by atoms with van der Waals surface area (Å²) < 4.78 is 55.7. The zero-order chi connectivity index (χ0) is 20.4. The molecule has 3 aromatic heterocycles. The Morgan fingerprint density at radius 2 is 1.93 bits per heavy atom. The summed E-state index contributed by atoms with van der Waals surface area (Å²) in [6, 6.07) is 6.17. The number of hydrogen-bond acceptors (Lipinski definition) is 6. The maximum Gasteiger partial charge on any atom is 0.263 e. The number of nitrogens with one attached hydrogen (secondary N) is 2. The Hall–Kier alpha value is -3.91. The summed E-state index contributed by atoms with van der Waals surface area (Å²) in [6.07, 6.45) is 3.89. The quantitative estimate of drug-likeness (QED) is 0.499. The van der Waals surface area contributed by atoms with Crippen LogP contribution >= 0.6 is 0 Å². The van der Waals surface area contributed by atoms with Crippen LogP contribution in [0.5, 0.6) is 0 Å². The molecule has 2 N–H and O–H groups in total. The van der Waals surface area contributed by atoms with E-state index in [1.165, 1.54) is 24.5 Å². The van der Waals surface area contributed by atoms with Crippen LogP contribution in [0.3, 0.4) is 0 Å². The lowest BCUT2D eigenvalue weighted by atomic mass is 10.1. The molecule has 4 rings (SSSR count). The van der Waals surface area contributed by atoms with Crippen molar-refractivity contribution in [3.8, 4) is 11.8 Å². The molecule has 3 heterocycles. The lowest BCUT2D eigenvalue weighted by Gasteiger charge is -2.10. The number of rotatable bonds is 3. The predicted molar refractivity (Wildman–Crippen MR) is 99.1 cm³/mol. The number of fused-ring (bicyclic) bond motifs is 1. The molecule has 0 unspecified atom stereocenters. The third-order valence-corrected chi connectivity index (χ3v) is 5.14. The molecule has 0 atom stereocenters. The van der Waals surface area contributed by atoms with E-state index in [1.54, 1.807) is 6.07 Å². The van der Waals surface area contributed by atoms with Crippen molar-refractivity contribution in [2.75, 3.05) is 4.72 Å². The smallest absolute Gasteiger partial charge is 0.263 e. The lowest BCUT2D eigenvalue weighted by molar-refractivity contribution is 0.578. The van der Waals surface area contributed by atoms with Gasteiger partial charge in [-0.1, -0.05) is 11.8 Å². The van der Waals surface area contributed by atoms with Crippen molar-refractivity contribution >= 4 is 26.9 Å². The van der Waals surface area contributed by atoms with Crippen LogP contribution in [-0.2, 0) is 10.0 Å². The first-order chi connectivity index (χ1) is 13.9. The second-order valence-corrected chi connectivity index (χ2v) is 7.40. The summed E-state index contributed by atoms with van der Waals surface area (Å²) in [4.78, 5) is 7.56. The second-order valence-electron chi connectivity index (χ2n) is 5.72. The number of nitrogens with zero attached hydrogens (tertiary/aromatic N) is 4. The number of sulfonamides is 1. The van der Waals surface area contributed by atoms with E-state index in [-0.39, 0.29) is 4.90 Å². The van der Waals surface area contributed by atoms with Crippen LogP contribution in [0.15, 0.2) is 53.8 Å². The fraction of sp³-hybridized carbons (Fsp3) is 0. The maximum absolute atomic E-state index is 14.8. The first-order valence-corrected chi connectivity index (χ1v) is 9.52. The van der Waals surface area contributed by atoms with Gasteiger partial charge < -0.3 is 0 Å². The van der Waals surface area contributed by atoms with Gasteiger partial charge in [0.25, 0.3) is 10.0 Å². The van der Waals surface area contributed by atoms with Crippen LogP contribution in [0, 0.1) is 23.5 Å². The molecule has 0 aliphatic carbocycles. The molecule has 0 bridgehead atoms. The molecule has 0 fully saturated rings. The van der Waals surface area contributed by atoms with Crippen LogP contribution in [0.2, 0.25) is 0 Å². The second kappa shape index (κ2) is 7.25. The molecule has 0 saturated heterocycles. The number of hydrogen-bond donors (Lipinski definition) is 2. The largest absolute Gasteiger partial charge is 0.277 e. The third kappa shape index (κ3) is 3.74. The topological polar surface area (TPSA) is 114 Å². The fourth-order valence-electron chi connectivity index (χ4n) is 2.40. The molecule has 0 saturated carbocycles. The Bertz CT molecular complexity index is 1380. The molecule has 29 heavy (non-hydrogen) atoms. The summed E-state index contributed by atoms with van der Waals surface area (Å²) in [5.41, 5.74) is 0.142. The molecule has 0 radical (unpaired) electrons. The number of H-pyrrole nitrogens is 1. The van der Waals surface area contributed by atoms with Gasteiger partial charge in [-0.15, -0.1) is 5.10 Å². The van der Waals surface area contributed by atoms with E-state index in [0.29, 0.717) is 16.7 Å². The molecular weight excluding hydrogens is 402 g/mol. The number of benzene rings is 1. The fourth-order valence-corrected chi connectivity index (χ4v) is 3.42. The van der Waals surface area contributed by atoms with Gasteiger partial charge in [0, 0.05) is 24.2 Å². The molecule has 0 aliphatic heterocycles. The predicted octanol–water partition coefficient (Wildman–Crippen LogP) is 2.23. The van der Waals surface area contributed by atoms with E-state index in [1.807, 2.05) is 0 Å². The minimum atomic E-state index is -4.10. The van der Waals surface area contributed by atoms with Gasteiger partial charge in [0.05, 0.1) is 11.3 Å². The van der Waals surface area contributed by atoms with E-state index in [2.05, 4.69) is 41.9 Å². The minimum absolute atomic E-state index is 0.164. The van der Waals surface area contributed by atoms with Crippen molar-refractivity contribution in [3.05, 3.63) is 71.7 Å². The molecular formula is C18H10F2N6O2S. The molecule has 1 aromatic carbocycles. The van der Waals surface area contributed by atoms with Crippen molar-refractivity contribution in [2.24, 2.45) is 0 Å². The Kier molecular flexibility index (Phi) is 4.61. The van der Waals surface area contributed by atoms with Crippen LogP contribution in [-0.4, -0.2) is 33.8 Å². The summed E-state index contributed by atoms with van der Waals surface area (Å²) in [6.45, 7) is 0. The van der Waals surface area contributed by atoms with Crippen molar-refractivity contribution in [1.82, 2.24) is 25.4 Å². The monoisotopic (exact) mass is 412 g/mol. The van der Waals surface area contributed by atoms with E-state index < -0.39 is 32.9 Å².